The topological polar surface area (TPSA) is 3.24 Å². The molecule has 0 bridgehead atoms. The van der Waals surface area contributed by atoms with E-state index in [1.54, 1.807) is 0 Å². The van der Waals surface area contributed by atoms with Gasteiger partial charge in [0.2, 0.25) is 0 Å². The SMILES string of the molecule is CC(C)(C)c1cc(N(c2cccc(-c3cccc4ccccc34)c2)c2ccccc2-c2cccc3cccc(-c4ccccc4)c23)cc(C(C)(C)C)c1. The third-order valence-corrected chi connectivity index (χ3v) is 10.5. The lowest BCUT2D eigenvalue weighted by molar-refractivity contribution is 0.569. The van der Waals surface area contributed by atoms with Gasteiger partial charge in [0, 0.05) is 16.9 Å². The predicted molar refractivity (Wildman–Crippen MR) is 230 cm³/mol. The van der Waals surface area contributed by atoms with Gasteiger partial charge in [-0.15, -0.1) is 0 Å². The smallest absolute Gasteiger partial charge is 0.0540 e. The summed E-state index contributed by atoms with van der Waals surface area (Å²) >= 11 is 0. The van der Waals surface area contributed by atoms with Crippen LogP contribution in [-0.4, -0.2) is 0 Å². The molecule has 0 radical (unpaired) electrons. The molecule has 260 valence electrons. The lowest BCUT2D eigenvalue weighted by Crippen LogP contribution is -2.19. The zero-order valence-electron chi connectivity index (χ0n) is 31.7. The minimum absolute atomic E-state index is 0.0355. The number of nitrogens with zero attached hydrogens (tertiary/aromatic N) is 1. The Kier molecular flexibility index (Phi) is 8.75. The van der Waals surface area contributed by atoms with Crippen LogP contribution in [0.1, 0.15) is 52.7 Å². The average Bonchev–Trinajstić information content (AvgIpc) is 3.17. The molecule has 0 N–H and O–H groups in total. The van der Waals surface area contributed by atoms with Gasteiger partial charge in [-0.25, -0.2) is 0 Å². The van der Waals surface area contributed by atoms with E-state index in [0.717, 1.165) is 17.1 Å². The minimum Gasteiger partial charge on any atom is -0.310 e. The average molecular weight is 686 g/mol. The highest BCUT2D eigenvalue weighted by Crippen LogP contribution is 2.47. The van der Waals surface area contributed by atoms with Crippen LogP contribution >= 0.6 is 0 Å². The maximum absolute atomic E-state index is 2.50. The zero-order valence-corrected chi connectivity index (χ0v) is 31.7. The fraction of sp³-hybridized carbons (Fsp3) is 0.154. The first-order chi connectivity index (χ1) is 25.6. The molecule has 0 aliphatic heterocycles. The van der Waals surface area contributed by atoms with Crippen molar-refractivity contribution in [2.24, 2.45) is 0 Å². The molecule has 8 aromatic rings. The molecule has 53 heavy (non-hydrogen) atoms. The van der Waals surface area contributed by atoms with E-state index in [0.29, 0.717) is 0 Å². The lowest BCUT2D eigenvalue weighted by atomic mass is 9.80. The molecule has 8 aromatic carbocycles. The van der Waals surface area contributed by atoms with Gasteiger partial charge in [0.25, 0.3) is 0 Å². The highest BCUT2D eigenvalue weighted by atomic mass is 15.1. The number of hydrogen-bond donors (Lipinski definition) is 0. The Morgan fingerprint density at radius 1 is 0.358 bits per heavy atom. The van der Waals surface area contributed by atoms with Crippen molar-refractivity contribution in [1.82, 2.24) is 0 Å². The van der Waals surface area contributed by atoms with Crippen LogP contribution in [0.15, 0.2) is 176 Å². The summed E-state index contributed by atoms with van der Waals surface area (Å²) in [6.45, 7) is 13.9. The number of rotatable bonds is 6. The van der Waals surface area contributed by atoms with Crippen LogP contribution in [0.3, 0.4) is 0 Å². The third-order valence-electron chi connectivity index (χ3n) is 10.5. The monoisotopic (exact) mass is 685 g/mol. The Morgan fingerprint density at radius 2 is 0.887 bits per heavy atom. The summed E-state index contributed by atoms with van der Waals surface area (Å²) in [5.41, 5.74) is 13.3. The minimum atomic E-state index is -0.0355. The van der Waals surface area contributed by atoms with E-state index >= 15 is 0 Å². The number of anilines is 3. The Bertz CT molecular complexity index is 2540. The molecule has 0 amide bonds. The summed E-state index contributed by atoms with van der Waals surface area (Å²) in [7, 11) is 0. The number of benzene rings is 8. The van der Waals surface area contributed by atoms with Gasteiger partial charge in [0.1, 0.15) is 0 Å². The lowest BCUT2D eigenvalue weighted by Gasteiger charge is -2.32. The number of fused-ring (bicyclic) bond motifs is 2. The highest BCUT2D eigenvalue weighted by Gasteiger charge is 2.25. The van der Waals surface area contributed by atoms with E-state index < -0.39 is 0 Å². The van der Waals surface area contributed by atoms with E-state index in [9.17, 15) is 0 Å². The van der Waals surface area contributed by atoms with Crippen molar-refractivity contribution in [2.45, 2.75) is 52.4 Å². The second-order valence-electron chi connectivity index (χ2n) is 16.3. The van der Waals surface area contributed by atoms with Gasteiger partial charge < -0.3 is 4.90 Å². The number of para-hydroxylation sites is 1. The molecule has 1 nitrogen and oxygen atoms in total. The second kappa shape index (κ2) is 13.6. The summed E-state index contributed by atoms with van der Waals surface area (Å²) in [4.78, 5) is 2.50. The van der Waals surface area contributed by atoms with Crippen LogP contribution in [0.25, 0.3) is 54.9 Å². The fourth-order valence-corrected chi connectivity index (χ4v) is 7.64. The summed E-state index contributed by atoms with van der Waals surface area (Å²) in [6, 6.07) is 64.8. The first kappa shape index (κ1) is 34.2. The third kappa shape index (κ3) is 6.64. The molecule has 0 saturated carbocycles. The fourth-order valence-electron chi connectivity index (χ4n) is 7.64. The van der Waals surface area contributed by atoms with Gasteiger partial charge >= 0.3 is 0 Å². The normalized spacial score (nSPS) is 12.0. The van der Waals surface area contributed by atoms with E-state index in [1.807, 2.05) is 0 Å². The molecular formula is C52H47N. The standard InChI is InChI=1S/C52H47N/c1-51(2,3)40-33-41(52(4,5)6)35-43(34-40)53(42-25-14-24-39(32-42)45-28-15-21-36-20-10-11-26-44(36)45)49-31-13-12-27-47(49)48-30-17-23-38-22-16-29-46(50(38)48)37-18-8-7-9-19-37/h7-35H,1-6H3. The van der Waals surface area contributed by atoms with Crippen molar-refractivity contribution in [1.29, 1.82) is 0 Å². The van der Waals surface area contributed by atoms with Crippen molar-refractivity contribution in [3.05, 3.63) is 187 Å². The van der Waals surface area contributed by atoms with Crippen LogP contribution in [0.2, 0.25) is 0 Å². The second-order valence-corrected chi connectivity index (χ2v) is 16.3. The molecule has 0 unspecified atom stereocenters. The summed E-state index contributed by atoms with van der Waals surface area (Å²) in [5, 5.41) is 4.99. The van der Waals surface area contributed by atoms with Gasteiger partial charge in [0.15, 0.2) is 0 Å². The van der Waals surface area contributed by atoms with Crippen molar-refractivity contribution in [3.63, 3.8) is 0 Å². The van der Waals surface area contributed by atoms with Crippen molar-refractivity contribution < 1.29 is 0 Å². The van der Waals surface area contributed by atoms with E-state index in [1.165, 1.54) is 66.1 Å². The molecule has 0 heterocycles. The predicted octanol–water partition coefficient (Wildman–Crippen LogP) is 15.1. The number of hydrogen-bond acceptors (Lipinski definition) is 1. The van der Waals surface area contributed by atoms with Gasteiger partial charge in [-0.05, 0) is 102 Å². The molecule has 8 rings (SSSR count). The zero-order chi connectivity index (χ0) is 36.7. The van der Waals surface area contributed by atoms with Crippen molar-refractivity contribution in [3.8, 4) is 33.4 Å². The molecule has 0 aromatic heterocycles. The van der Waals surface area contributed by atoms with Crippen LogP contribution < -0.4 is 4.90 Å². The molecular weight excluding hydrogens is 639 g/mol. The quantitative estimate of drug-likeness (QED) is 0.168. The molecule has 0 atom stereocenters. The summed E-state index contributed by atoms with van der Waals surface area (Å²) in [6.07, 6.45) is 0. The van der Waals surface area contributed by atoms with Gasteiger partial charge in [0.05, 0.1) is 5.69 Å². The Hall–Kier alpha value is -5.92. The summed E-state index contributed by atoms with van der Waals surface area (Å²) in [5.74, 6) is 0. The molecule has 0 aliphatic carbocycles. The molecule has 0 fully saturated rings. The Labute approximate surface area is 315 Å². The van der Waals surface area contributed by atoms with Crippen molar-refractivity contribution in [2.75, 3.05) is 4.90 Å². The van der Waals surface area contributed by atoms with Crippen LogP contribution in [0, 0.1) is 0 Å². The van der Waals surface area contributed by atoms with E-state index in [2.05, 4.69) is 222 Å². The van der Waals surface area contributed by atoms with Gasteiger partial charge in [-0.1, -0.05) is 187 Å². The molecule has 0 saturated heterocycles. The van der Waals surface area contributed by atoms with Crippen molar-refractivity contribution >= 4 is 38.6 Å². The Morgan fingerprint density at radius 3 is 1.60 bits per heavy atom. The van der Waals surface area contributed by atoms with Gasteiger partial charge in [-0.2, -0.15) is 0 Å². The largest absolute Gasteiger partial charge is 0.310 e. The van der Waals surface area contributed by atoms with E-state index in [4.69, 9.17) is 0 Å². The summed E-state index contributed by atoms with van der Waals surface area (Å²) < 4.78 is 0. The maximum Gasteiger partial charge on any atom is 0.0540 e. The highest BCUT2D eigenvalue weighted by molar-refractivity contribution is 6.09. The van der Waals surface area contributed by atoms with Crippen LogP contribution in [-0.2, 0) is 10.8 Å². The van der Waals surface area contributed by atoms with Gasteiger partial charge in [-0.3, -0.25) is 0 Å². The first-order valence-electron chi connectivity index (χ1n) is 18.8. The molecule has 0 aliphatic rings. The first-order valence-corrected chi connectivity index (χ1v) is 18.8. The maximum atomic E-state index is 2.50. The van der Waals surface area contributed by atoms with E-state index in [-0.39, 0.29) is 10.8 Å². The molecule has 0 spiro atoms. The van der Waals surface area contributed by atoms with Crippen LogP contribution in [0.4, 0.5) is 17.1 Å². The molecule has 1 heteroatoms. The van der Waals surface area contributed by atoms with Crippen LogP contribution in [0.5, 0.6) is 0 Å². The Balaban J connectivity index is 1.42.